The van der Waals surface area contributed by atoms with Crippen molar-refractivity contribution in [3.05, 3.63) is 70.4 Å². The first-order chi connectivity index (χ1) is 15.2. The van der Waals surface area contributed by atoms with Crippen molar-refractivity contribution in [2.45, 2.75) is 25.2 Å². The molecule has 2 rings (SSSR count). The number of alkyl halides is 6. The van der Waals surface area contributed by atoms with E-state index in [1.807, 2.05) is 0 Å². The second-order valence-electron chi connectivity index (χ2n) is 6.38. The van der Waals surface area contributed by atoms with Crippen molar-refractivity contribution >= 4 is 29.0 Å². The number of pyridine rings is 1. The van der Waals surface area contributed by atoms with E-state index >= 15 is 0 Å². The molecule has 1 atom stereocenters. The van der Waals surface area contributed by atoms with Gasteiger partial charge in [-0.1, -0.05) is 11.6 Å². The van der Waals surface area contributed by atoms with E-state index in [0.29, 0.717) is 12.1 Å². The monoisotopic (exact) mass is 497 g/mol. The second-order valence-corrected chi connectivity index (χ2v) is 6.82. The summed E-state index contributed by atoms with van der Waals surface area (Å²) >= 11 is 5.65. The highest BCUT2D eigenvalue weighted by atomic mass is 35.5. The molecular formula is C20H15ClF7N3O2. The molecule has 33 heavy (non-hydrogen) atoms. The van der Waals surface area contributed by atoms with Crippen LogP contribution in [0, 0.1) is 5.82 Å². The van der Waals surface area contributed by atoms with Crippen LogP contribution in [0.5, 0.6) is 0 Å². The van der Waals surface area contributed by atoms with Gasteiger partial charge in [-0.15, -0.1) is 0 Å². The fraction of sp³-hybridized carbons (Fsp3) is 0.250. The molecule has 1 aromatic heterocycles. The zero-order valence-electron chi connectivity index (χ0n) is 16.6. The van der Waals surface area contributed by atoms with Gasteiger partial charge in [-0.3, -0.25) is 14.8 Å². The van der Waals surface area contributed by atoms with Gasteiger partial charge in [-0.25, -0.2) is 4.39 Å². The van der Waals surface area contributed by atoms with Crippen LogP contribution >= 0.6 is 11.6 Å². The van der Waals surface area contributed by atoms with Crippen LogP contribution in [0.1, 0.15) is 24.1 Å². The molecule has 0 bridgehead atoms. The van der Waals surface area contributed by atoms with Gasteiger partial charge in [0.15, 0.2) is 0 Å². The van der Waals surface area contributed by atoms with Crippen molar-refractivity contribution < 1.29 is 40.3 Å². The summed E-state index contributed by atoms with van der Waals surface area (Å²) in [5.74, 6) is -4.31. The van der Waals surface area contributed by atoms with E-state index < -0.39 is 52.7 Å². The van der Waals surface area contributed by atoms with Crippen molar-refractivity contribution in [2.75, 3.05) is 6.61 Å². The molecule has 1 aromatic carbocycles. The molecule has 0 spiro atoms. The van der Waals surface area contributed by atoms with Crippen LogP contribution in [0.25, 0.3) is 0 Å². The Morgan fingerprint density at radius 1 is 1.21 bits per heavy atom. The van der Waals surface area contributed by atoms with Crippen molar-refractivity contribution in [3.63, 3.8) is 0 Å². The fourth-order valence-corrected chi connectivity index (χ4v) is 2.68. The molecule has 0 saturated heterocycles. The highest BCUT2D eigenvalue weighted by Crippen LogP contribution is 2.32. The lowest BCUT2D eigenvalue weighted by molar-refractivity contribution is -0.143. The number of halogens is 8. The molecule has 5 nitrogen and oxygen atoms in total. The van der Waals surface area contributed by atoms with Crippen LogP contribution in [0.2, 0.25) is 5.02 Å². The third-order valence-electron chi connectivity index (χ3n) is 4.01. The van der Waals surface area contributed by atoms with Crippen LogP contribution < -0.4 is 5.73 Å². The lowest BCUT2D eigenvalue weighted by Crippen LogP contribution is -2.28. The normalized spacial score (nSPS) is 14.2. The summed E-state index contributed by atoms with van der Waals surface area (Å²) in [4.78, 5) is 20.1. The van der Waals surface area contributed by atoms with Gasteiger partial charge in [-0.05, 0) is 43.3 Å². The minimum absolute atomic E-state index is 0.162. The van der Waals surface area contributed by atoms with Crippen molar-refractivity contribution in [2.24, 2.45) is 10.7 Å². The largest absolute Gasteiger partial charge is 0.465 e. The molecule has 0 saturated carbocycles. The topological polar surface area (TPSA) is 77.6 Å². The Morgan fingerprint density at radius 2 is 1.82 bits per heavy atom. The summed E-state index contributed by atoms with van der Waals surface area (Å²) in [6.07, 6.45) is -8.52. The zero-order chi connectivity index (χ0) is 25.0. The summed E-state index contributed by atoms with van der Waals surface area (Å²) in [7, 11) is 0. The van der Waals surface area contributed by atoms with E-state index in [1.54, 1.807) is 0 Å². The summed E-state index contributed by atoms with van der Waals surface area (Å²) in [5.41, 5.74) is 0.610. The van der Waals surface area contributed by atoms with E-state index in [2.05, 4.69) is 9.98 Å². The van der Waals surface area contributed by atoms with Gasteiger partial charge in [0, 0.05) is 6.20 Å². The van der Waals surface area contributed by atoms with Gasteiger partial charge in [0.1, 0.15) is 17.4 Å². The molecule has 0 aliphatic heterocycles. The van der Waals surface area contributed by atoms with Crippen molar-refractivity contribution in [1.82, 2.24) is 4.98 Å². The number of aromatic nitrogens is 1. The van der Waals surface area contributed by atoms with E-state index in [9.17, 15) is 35.5 Å². The number of esters is 1. The maximum atomic E-state index is 14.5. The first-order valence-corrected chi connectivity index (χ1v) is 9.39. The quantitative estimate of drug-likeness (QED) is 0.315. The van der Waals surface area contributed by atoms with Crippen LogP contribution in [-0.4, -0.2) is 29.4 Å². The predicted octanol–water partition coefficient (Wildman–Crippen LogP) is 5.72. The van der Waals surface area contributed by atoms with Crippen molar-refractivity contribution in [1.29, 1.82) is 0 Å². The Labute approximate surface area is 187 Å². The Kier molecular flexibility index (Phi) is 8.06. The number of rotatable bonds is 6. The van der Waals surface area contributed by atoms with E-state index in [4.69, 9.17) is 22.1 Å². The van der Waals surface area contributed by atoms with Crippen LogP contribution in [0.15, 0.2) is 53.3 Å². The SMILES string of the molecule is CCOC(=O)C(C(C=C(N)C(F)(F)F)=Nc1ccc(C(F)(F)F)cc1)c1ncc(Cl)cc1F. The maximum Gasteiger partial charge on any atom is 0.430 e. The second kappa shape index (κ2) is 10.2. The van der Waals surface area contributed by atoms with Gasteiger partial charge in [-0.2, -0.15) is 26.3 Å². The first kappa shape index (κ1) is 26.1. The van der Waals surface area contributed by atoms with E-state index in [1.165, 1.54) is 6.92 Å². The standard InChI is InChI=1S/C20H15ClF7N3O2/c1-2-33-18(32)16(17-13(22)7-11(21)9-30-17)14(8-15(29)20(26,27)28)31-12-5-3-10(4-6-12)19(23,24)25/h3-9,16H,2,29H2,1H3. The van der Waals surface area contributed by atoms with E-state index in [-0.39, 0.29) is 23.4 Å². The number of benzene rings is 1. The highest BCUT2D eigenvalue weighted by molar-refractivity contribution is 6.30. The maximum absolute atomic E-state index is 14.5. The average Bonchev–Trinajstić information content (AvgIpc) is 2.69. The molecule has 0 fully saturated rings. The molecule has 0 amide bonds. The molecule has 0 aliphatic rings. The summed E-state index contributed by atoms with van der Waals surface area (Å²) in [5, 5.41) is -0.162. The number of nitrogens with two attached hydrogens (primary N) is 1. The Hall–Kier alpha value is -3.15. The smallest absolute Gasteiger partial charge is 0.430 e. The average molecular weight is 498 g/mol. The number of aliphatic imine (C=N–C) groups is 1. The van der Waals surface area contributed by atoms with Crippen LogP contribution in [-0.2, 0) is 15.7 Å². The molecule has 13 heteroatoms. The van der Waals surface area contributed by atoms with Gasteiger partial charge >= 0.3 is 18.3 Å². The number of hydrogen-bond acceptors (Lipinski definition) is 5. The molecular weight excluding hydrogens is 483 g/mol. The minimum atomic E-state index is -5.05. The molecule has 1 heterocycles. The third-order valence-corrected chi connectivity index (χ3v) is 4.22. The van der Waals surface area contributed by atoms with Crippen LogP contribution in [0.4, 0.5) is 36.4 Å². The fourth-order valence-electron chi connectivity index (χ4n) is 2.53. The molecule has 0 radical (unpaired) electrons. The number of ether oxygens (including phenoxy) is 1. The molecule has 1 unspecified atom stereocenters. The summed E-state index contributed by atoms with van der Waals surface area (Å²) in [6, 6.07) is 3.74. The summed E-state index contributed by atoms with van der Waals surface area (Å²) < 4.78 is 97.0. The Bertz CT molecular complexity index is 1060. The lowest BCUT2D eigenvalue weighted by Gasteiger charge is -2.18. The number of nitrogens with zero attached hydrogens (tertiary/aromatic N) is 2. The number of carbonyl (C=O) groups is 1. The van der Waals surface area contributed by atoms with Crippen molar-refractivity contribution in [3.8, 4) is 0 Å². The van der Waals surface area contributed by atoms with Gasteiger partial charge in [0.25, 0.3) is 0 Å². The third kappa shape index (κ3) is 6.91. The predicted molar refractivity (Wildman–Crippen MR) is 105 cm³/mol. The van der Waals surface area contributed by atoms with Gasteiger partial charge in [0.05, 0.1) is 34.3 Å². The first-order valence-electron chi connectivity index (χ1n) is 9.01. The van der Waals surface area contributed by atoms with Gasteiger partial charge in [0.2, 0.25) is 0 Å². The molecule has 2 aromatic rings. The Balaban J connectivity index is 2.73. The zero-order valence-corrected chi connectivity index (χ0v) is 17.4. The van der Waals surface area contributed by atoms with E-state index in [0.717, 1.165) is 24.4 Å². The molecule has 0 aliphatic carbocycles. The summed E-state index contributed by atoms with van der Waals surface area (Å²) in [6.45, 7) is 1.17. The molecule has 2 N–H and O–H groups in total. The Morgan fingerprint density at radius 3 is 2.30 bits per heavy atom. The van der Waals surface area contributed by atoms with Crippen LogP contribution in [0.3, 0.4) is 0 Å². The number of carbonyl (C=O) groups excluding carboxylic acids is 1. The number of hydrogen-bond donors (Lipinski definition) is 1. The lowest BCUT2D eigenvalue weighted by atomic mass is 9.96. The highest BCUT2D eigenvalue weighted by Gasteiger charge is 2.36. The number of allylic oxidation sites excluding steroid dienone is 2. The molecule has 178 valence electrons. The minimum Gasteiger partial charge on any atom is -0.465 e. The van der Waals surface area contributed by atoms with Gasteiger partial charge < -0.3 is 10.5 Å².